The predicted molar refractivity (Wildman–Crippen MR) is 46.8 cm³/mol. The summed E-state index contributed by atoms with van der Waals surface area (Å²) in [6.45, 7) is 4.55. The first-order valence-electron chi connectivity index (χ1n) is 4.74. The van der Waals surface area contributed by atoms with E-state index in [2.05, 4.69) is 10.2 Å². The molecule has 0 unspecified atom stereocenters. The molecule has 0 radical (unpaired) electrons. The van der Waals surface area contributed by atoms with Gasteiger partial charge in [-0.3, -0.25) is 4.79 Å². The Morgan fingerprint density at radius 3 is 2.67 bits per heavy atom. The second-order valence-electron chi connectivity index (χ2n) is 3.93. The van der Waals surface area contributed by atoms with E-state index < -0.39 is 0 Å². The molecule has 3 heteroatoms. The summed E-state index contributed by atoms with van der Waals surface area (Å²) in [5, 5.41) is 3.37. The first-order valence-corrected chi connectivity index (χ1v) is 4.74. The molecule has 0 aromatic carbocycles. The summed E-state index contributed by atoms with van der Waals surface area (Å²) < 4.78 is 0. The zero-order valence-electron chi connectivity index (χ0n) is 7.60. The van der Waals surface area contributed by atoms with E-state index in [1.807, 2.05) is 0 Å². The van der Waals surface area contributed by atoms with E-state index in [-0.39, 0.29) is 11.4 Å². The molecule has 1 spiro atoms. The highest BCUT2D eigenvalue weighted by atomic mass is 16.2. The number of nitrogens with zero attached hydrogens (tertiary/aromatic N) is 1. The molecule has 12 heavy (non-hydrogen) atoms. The summed E-state index contributed by atoms with van der Waals surface area (Å²) in [4.78, 5) is 13.4. The van der Waals surface area contributed by atoms with Crippen LogP contribution in [0, 0.1) is 0 Å². The van der Waals surface area contributed by atoms with E-state index in [0.717, 1.165) is 19.6 Å². The fraction of sp³-hybridized carbons (Fsp3) is 0.889. The van der Waals surface area contributed by atoms with Crippen LogP contribution in [0.25, 0.3) is 0 Å². The van der Waals surface area contributed by atoms with Crippen LogP contribution in [0.3, 0.4) is 0 Å². The monoisotopic (exact) mass is 168 g/mol. The highest BCUT2D eigenvalue weighted by molar-refractivity contribution is 5.74. The Bertz CT molecular complexity index is 199. The average molecular weight is 168 g/mol. The van der Waals surface area contributed by atoms with Gasteiger partial charge in [0, 0.05) is 26.6 Å². The molecule has 1 heterocycles. The van der Waals surface area contributed by atoms with E-state index in [1.54, 1.807) is 6.92 Å². The van der Waals surface area contributed by atoms with Crippen LogP contribution in [0.4, 0.5) is 0 Å². The van der Waals surface area contributed by atoms with Crippen molar-refractivity contribution in [2.24, 2.45) is 0 Å². The van der Waals surface area contributed by atoms with E-state index in [0.29, 0.717) is 0 Å². The maximum Gasteiger partial charge on any atom is 0.219 e. The van der Waals surface area contributed by atoms with Gasteiger partial charge in [-0.15, -0.1) is 0 Å². The first-order chi connectivity index (χ1) is 5.75. The van der Waals surface area contributed by atoms with E-state index in [4.69, 9.17) is 0 Å². The maximum atomic E-state index is 11.3. The zero-order valence-corrected chi connectivity index (χ0v) is 7.60. The van der Waals surface area contributed by atoms with Gasteiger partial charge in [-0.1, -0.05) is 0 Å². The smallest absolute Gasteiger partial charge is 0.219 e. The second kappa shape index (κ2) is 2.73. The molecule has 68 valence electrons. The summed E-state index contributed by atoms with van der Waals surface area (Å²) in [6, 6.07) is 0. The fourth-order valence-electron chi connectivity index (χ4n) is 2.37. The Balaban J connectivity index is 2.11. The van der Waals surface area contributed by atoms with Crippen LogP contribution >= 0.6 is 0 Å². The lowest BCUT2D eigenvalue weighted by Crippen LogP contribution is -2.65. The van der Waals surface area contributed by atoms with Gasteiger partial charge in [0.25, 0.3) is 0 Å². The van der Waals surface area contributed by atoms with Crippen molar-refractivity contribution in [1.82, 2.24) is 10.2 Å². The van der Waals surface area contributed by atoms with Gasteiger partial charge in [0.1, 0.15) is 0 Å². The second-order valence-corrected chi connectivity index (χ2v) is 3.93. The van der Waals surface area contributed by atoms with Gasteiger partial charge in [0.05, 0.1) is 5.54 Å². The zero-order chi connectivity index (χ0) is 8.60. The van der Waals surface area contributed by atoms with Crippen molar-refractivity contribution >= 4 is 5.91 Å². The van der Waals surface area contributed by atoms with Gasteiger partial charge in [-0.2, -0.15) is 0 Å². The number of amides is 1. The standard InChI is InChI=1S/C9H16N2O/c1-8(12)11-6-5-10-7-9(11)3-2-4-9/h10H,2-7H2,1H3. The van der Waals surface area contributed by atoms with Crippen LogP contribution in [0.1, 0.15) is 26.2 Å². The topological polar surface area (TPSA) is 32.3 Å². The number of rotatable bonds is 0. The van der Waals surface area contributed by atoms with Gasteiger partial charge >= 0.3 is 0 Å². The lowest BCUT2D eigenvalue weighted by molar-refractivity contribution is -0.141. The summed E-state index contributed by atoms with van der Waals surface area (Å²) in [7, 11) is 0. The quantitative estimate of drug-likeness (QED) is 0.566. The molecule has 1 saturated carbocycles. The van der Waals surface area contributed by atoms with Crippen LogP contribution in [0.2, 0.25) is 0 Å². The molecule has 0 bridgehead atoms. The molecule has 2 rings (SSSR count). The number of carbonyl (C=O) groups excluding carboxylic acids is 1. The Kier molecular flexibility index (Phi) is 1.83. The van der Waals surface area contributed by atoms with Crippen LogP contribution < -0.4 is 5.32 Å². The Hall–Kier alpha value is -0.570. The third-order valence-corrected chi connectivity index (χ3v) is 3.20. The molecule has 2 aliphatic rings. The summed E-state index contributed by atoms with van der Waals surface area (Å²) in [5.74, 6) is 0.246. The highest BCUT2D eigenvalue weighted by Crippen LogP contribution is 2.38. The van der Waals surface area contributed by atoms with Crippen LogP contribution in [-0.2, 0) is 4.79 Å². The van der Waals surface area contributed by atoms with Crippen molar-refractivity contribution in [3.8, 4) is 0 Å². The Morgan fingerprint density at radius 1 is 1.50 bits per heavy atom. The van der Waals surface area contributed by atoms with Crippen molar-refractivity contribution in [1.29, 1.82) is 0 Å². The number of nitrogens with one attached hydrogen (secondary N) is 1. The SMILES string of the molecule is CC(=O)N1CCNCC12CCC2. The van der Waals surface area contributed by atoms with Gasteiger partial charge in [-0.05, 0) is 19.3 Å². The minimum absolute atomic E-state index is 0.212. The summed E-state index contributed by atoms with van der Waals surface area (Å²) in [6.07, 6.45) is 3.67. The van der Waals surface area contributed by atoms with Crippen molar-refractivity contribution in [2.75, 3.05) is 19.6 Å². The van der Waals surface area contributed by atoms with Gasteiger partial charge in [0.15, 0.2) is 0 Å². The van der Waals surface area contributed by atoms with Crippen molar-refractivity contribution < 1.29 is 4.79 Å². The van der Waals surface area contributed by atoms with Crippen molar-refractivity contribution in [2.45, 2.75) is 31.7 Å². The Labute approximate surface area is 73.1 Å². The summed E-state index contributed by atoms with van der Waals surface area (Å²) in [5.41, 5.74) is 0.212. The molecule has 1 aliphatic heterocycles. The van der Waals surface area contributed by atoms with Gasteiger partial charge in [0.2, 0.25) is 5.91 Å². The predicted octanol–water partition coefficient (Wildman–Crippen LogP) is 0.361. The molecule has 2 fully saturated rings. The Morgan fingerprint density at radius 2 is 2.25 bits per heavy atom. The first kappa shape index (κ1) is 8.05. The molecule has 1 saturated heterocycles. The normalized spacial score (nSPS) is 26.9. The number of hydrogen-bond acceptors (Lipinski definition) is 2. The molecule has 3 nitrogen and oxygen atoms in total. The van der Waals surface area contributed by atoms with Gasteiger partial charge < -0.3 is 10.2 Å². The van der Waals surface area contributed by atoms with Crippen molar-refractivity contribution in [3.63, 3.8) is 0 Å². The molecule has 1 aliphatic carbocycles. The minimum Gasteiger partial charge on any atom is -0.335 e. The number of piperazine rings is 1. The van der Waals surface area contributed by atoms with Gasteiger partial charge in [-0.25, -0.2) is 0 Å². The molecule has 0 aromatic rings. The van der Waals surface area contributed by atoms with E-state index in [1.165, 1.54) is 19.3 Å². The number of carbonyl (C=O) groups is 1. The highest BCUT2D eigenvalue weighted by Gasteiger charge is 2.44. The van der Waals surface area contributed by atoms with Crippen LogP contribution in [0.15, 0.2) is 0 Å². The largest absolute Gasteiger partial charge is 0.335 e. The molecule has 0 aromatic heterocycles. The van der Waals surface area contributed by atoms with Crippen molar-refractivity contribution in [3.05, 3.63) is 0 Å². The fourth-order valence-corrected chi connectivity index (χ4v) is 2.37. The van der Waals surface area contributed by atoms with Crippen LogP contribution in [0.5, 0.6) is 0 Å². The lowest BCUT2D eigenvalue weighted by Gasteiger charge is -2.53. The lowest BCUT2D eigenvalue weighted by atomic mass is 9.74. The molecule has 1 amide bonds. The molecule has 1 N–H and O–H groups in total. The third-order valence-electron chi connectivity index (χ3n) is 3.20. The molecule has 0 atom stereocenters. The average Bonchev–Trinajstić information content (AvgIpc) is 2.01. The molecular formula is C9H16N2O. The van der Waals surface area contributed by atoms with E-state index >= 15 is 0 Å². The molecular weight excluding hydrogens is 152 g/mol. The maximum absolute atomic E-state index is 11.3. The third kappa shape index (κ3) is 1.04. The van der Waals surface area contributed by atoms with Crippen LogP contribution in [-0.4, -0.2) is 36.0 Å². The number of hydrogen-bond donors (Lipinski definition) is 1. The summed E-state index contributed by atoms with van der Waals surface area (Å²) >= 11 is 0. The van der Waals surface area contributed by atoms with E-state index in [9.17, 15) is 4.79 Å². The minimum atomic E-state index is 0.212.